The number of carbonyl (C=O) groups is 1. The number of piperidine rings is 1. The number of amides is 1. The number of hydrogen-bond acceptors (Lipinski definition) is 5. The molecule has 7 rings (SSSR count). The number of benzene rings is 3. The van der Waals surface area contributed by atoms with E-state index in [1.54, 1.807) is 12.3 Å². The quantitative estimate of drug-likeness (QED) is 0.257. The Labute approximate surface area is 232 Å². The summed E-state index contributed by atoms with van der Waals surface area (Å²) in [5, 5.41) is 15.1. The van der Waals surface area contributed by atoms with Gasteiger partial charge in [0.25, 0.3) is 0 Å². The molecule has 0 bridgehead atoms. The van der Waals surface area contributed by atoms with E-state index in [0.717, 1.165) is 58.5 Å². The van der Waals surface area contributed by atoms with E-state index in [4.69, 9.17) is 8.83 Å². The maximum atomic E-state index is 13.2. The highest BCUT2D eigenvalue weighted by Gasteiger charge is 2.43. The molecule has 1 aliphatic heterocycles. The number of likely N-dealkylation sites (tertiary alicyclic amines) is 1. The summed E-state index contributed by atoms with van der Waals surface area (Å²) in [4.78, 5) is 28.1. The maximum Gasteiger partial charge on any atom is 0.339 e. The molecular formula is C34H33NO5. The Kier molecular flexibility index (Phi) is 6.04. The van der Waals surface area contributed by atoms with Crippen LogP contribution in [0.4, 0.5) is 0 Å². The summed E-state index contributed by atoms with van der Waals surface area (Å²) in [5.41, 5.74) is 3.55. The molecule has 2 fully saturated rings. The first-order valence-electron chi connectivity index (χ1n) is 14.4. The number of fused-ring (bicyclic) bond motifs is 4. The van der Waals surface area contributed by atoms with Gasteiger partial charge >= 0.3 is 5.63 Å². The van der Waals surface area contributed by atoms with Gasteiger partial charge in [-0.05, 0) is 66.6 Å². The van der Waals surface area contributed by atoms with Crippen molar-refractivity contribution in [3.8, 4) is 11.1 Å². The van der Waals surface area contributed by atoms with Crippen molar-refractivity contribution in [2.24, 2.45) is 5.92 Å². The van der Waals surface area contributed by atoms with Crippen LogP contribution in [-0.2, 0) is 11.2 Å². The normalized spacial score (nSPS) is 21.2. The average Bonchev–Trinajstić information content (AvgIpc) is 3.38. The minimum atomic E-state index is -0.616. The van der Waals surface area contributed by atoms with Crippen LogP contribution in [0.3, 0.4) is 0 Å². The molecule has 6 nitrogen and oxygen atoms in total. The second-order valence-corrected chi connectivity index (χ2v) is 11.7. The first kappa shape index (κ1) is 25.1. The number of furan rings is 1. The molecule has 5 aromatic rings. The number of carbonyl (C=O) groups excluding carboxylic acids is 1. The van der Waals surface area contributed by atoms with Gasteiger partial charge in [-0.3, -0.25) is 4.79 Å². The average molecular weight is 536 g/mol. The second kappa shape index (κ2) is 9.63. The molecule has 1 amide bonds. The van der Waals surface area contributed by atoms with Crippen LogP contribution in [0.2, 0.25) is 0 Å². The summed E-state index contributed by atoms with van der Waals surface area (Å²) in [5.74, 6) is 0.191. The molecule has 0 spiro atoms. The molecule has 2 aliphatic rings. The molecule has 1 aliphatic carbocycles. The van der Waals surface area contributed by atoms with Crippen molar-refractivity contribution in [2.75, 3.05) is 13.1 Å². The fraction of sp³-hybridized carbons (Fsp3) is 0.353. The van der Waals surface area contributed by atoms with Crippen molar-refractivity contribution in [1.82, 2.24) is 4.90 Å². The van der Waals surface area contributed by atoms with Gasteiger partial charge in [-0.25, -0.2) is 4.79 Å². The van der Waals surface area contributed by atoms with Crippen molar-refractivity contribution < 1.29 is 18.7 Å². The molecular weight excluding hydrogens is 502 g/mol. The van der Waals surface area contributed by atoms with Crippen LogP contribution in [0.5, 0.6) is 0 Å². The third-order valence-corrected chi connectivity index (χ3v) is 9.41. The van der Waals surface area contributed by atoms with Crippen molar-refractivity contribution in [1.29, 1.82) is 0 Å². The lowest BCUT2D eigenvalue weighted by atomic mass is 9.71. The Morgan fingerprint density at radius 1 is 1.02 bits per heavy atom. The molecule has 1 saturated heterocycles. The number of hydrogen-bond donors (Lipinski definition) is 1. The molecule has 3 aromatic carbocycles. The third-order valence-electron chi connectivity index (χ3n) is 9.41. The molecule has 40 heavy (non-hydrogen) atoms. The highest BCUT2D eigenvalue weighted by atomic mass is 16.4. The standard InChI is InChI=1S/C34H33NO5/c1-21-26(11-12-32(36)35-15-14-34(38)13-5-4-8-25(34)19-35)33(37)40-31-18-30-28(17-27(21)31)29(20-39-30)24-10-9-22-6-2-3-7-23(22)16-24/h2-3,6-7,9-10,16-18,20,25,38H,4-5,8,11-15,19H2,1H3/t25-,34+/m0/s1. The zero-order valence-corrected chi connectivity index (χ0v) is 22.7. The summed E-state index contributed by atoms with van der Waals surface area (Å²) in [6.45, 7) is 3.12. The predicted molar refractivity (Wildman–Crippen MR) is 156 cm³/mol. The fourth-order valence-electron chi connectivity index (χ4n) is 6.97. The first-order chi connectivity index (χ1) is 19.4. The van der Waals surface area contributed by atoms with Gasteiger partial charge in [0, 0.05) is 53.4 Å². The Morgan fingerprint density at radius 3 is 2.75 bits per heavy atom. The van der Waals surface area contributed by atoms with E-state index in [-0.39, 0.29) is 18.2 Å². The van der Waals surface area contributed by atoms with Gasteiger partial charge in [0.1, 0.15) is 11.2 Å². The molecule has 1 N–H and O–H groups in total. The number of rotatable bonds is 4. The van der Waals surface area contributed by atoms with Crippen LogP contribution >= 0.6 is 0 Å². The van der Waals surface area contributed by atoms with E-state index in [0.29, 0.717) is 42.7 Å². The summed E-state index contributed by atoms with van der Waals surface area (Å²) < 4.78 is 11.6. The maximum absolute atomic E-state index is 13.2. The van der Waals surface area contributed by atoms with E-state index in [1.165, 1.54) is 5.39 Å². The van der Waals surface area contributed by atoms with E-state index in [9.17, 15) is 14.7 Å². The molecule has 3 heterocycles. The van der Waals surface area contributed by atoms with Gasteiger partial charge in [0.15, 0.2) is 0 Å². The summed E-state index contributed by atoms with van der Waals surface area (Å²) in [7, 11) is 0. The number of aliphatic hydroxyl groups is 1. The lowest BCUT2D eigenvalue weighted by Gasteiger charge is -2.47. The first-order valence-corrected chi connectivity index (χ1v) is 14.4. The van der Waals surface area contributed by atoms with E-state index >= 15 is 0 Å². The third kappa shape index (κ3) is 4.22. The Balaban J connectivity index is 1.17. The van der Waals surface area contributed by atoms with Crippen molar-refractivity contribution in [2.45, 2.75) is 57.5 Å². The van der Waals surface area contributed by atoms with Crippen LogP contribution in [0, 0.1) is 12.8 Å². The molecule has 2 atom stereocenters. The predicted octanol–water partition coefficient (Wildman–Crippen LogP) is 6.75. The Hall–Kier alpha value is -3.90. The van der Waals surface area contributed by atoms with Gasteiger partial charge < -0.3 is 18.8 Å². The zero-order valence-electron chi connectivity index (χ0n) is 22.7. The molecule has 0 unspecified atom stereocenters. The summed E-state index contributed by atoms with van der Waals surface area (Å²) >= 11 is 0. The van der Waals surface area contributed by atoms with E-state index in [1.807, 2.05) is 30.0 Å². The zero-order chi connectivity index (χ0) is 27.4. The van der Waals surface area contributed by atoms with E-state index in [2.05, 4.69) is 30.3 Å². The van der Waals surface area contributed by atoms with Crippen molar-refractivity contribution >= 4 is 38.6 Å². The van der Waals surface area contributed by atoms with Crippen LogP contribution in [0.15, 0.2) is 74.5 Å². The smallest absolute Gasteiger partial charge is 0.339 e. The SMILES string of the molecule is Cc1c(CCC(=O)N2CC[C@]3(O)CCCC[C@H]3C2)c(=O)oc2cc3occ(-c4ccc5ccccc5c4)c3cc12. The summed E-state index contributed by atoms with van der Waals surface area (Å²) in [6, 6.07) is 18.5. The lowest BCUT2D eigenvalue weighted by Crippen LogP contribution is -2.54. The number of nitrogens with zero attached hydrogens (tertiary/aromatic N) is 1. The summed E-state index contributed by atoms with van der Waals surface area (Å²) in [6.07, 6.45) is 6.95. The van der Waals surface area contributed by atoms with Crippen LogP contribution in [0.25, 0.3) is 43.8 Å². The topological polar surface area (TPSA) is 83.9 Å². The molecule has 204 valence electrons. The van der Waals surface area contributed by atoms with Gasteiger partial charge in [-0.15, -0.1) is 0 Å². The van der Waals surface area contributed by atoms with Crippen LogP contribution in [0.1, 0.15) is 49.7 Å². The second-order valence-electron chi connectivity index (χ2n) is 11.7. The molecule has 2 aromatic heterocycles. The minimum Gasteiger partial charge on any atom is -0.464 e. The molecule has 0 radical (unpaired) electrons. The van der Waals surface area contributed by atoms with E-state index < -0.39 is 11.2 Å². The minimum absolute atomic E-state index is 0.0374. The highest BCUT2D eigenvalue weighted by molar-refractivity contribution is 6.03. The molecule has 1 saturated carbocycles. The monoisotopic (exact) mass is 535 g/mol. The Morgan fingerprint density at radius 2 is 1.88 bits per heavy atom. The van der Waals surface area contributed by atoms with Crippen molar-refractivity contribution in [3.63, 3.8) is 0 Å². The van der Waals surface area contributed by atoms with Gasteiger partial charge in [-0.2, -0.15) is 0 Å². The van der Waals surface area contributed by atoms with Crippen LogP contribution in [-0.4, -0.2) is 34.6 Å². The number of aryl methyl sites for hydroxylation is 1. The van der Waals surface area contributed by atoms with Gasteiger partial charge in [0.2, 0.25) is 5.91 Å². The van der Waals surface area contributed by atoms with Gasteiger partial charge in [-0.1, -0.05) is 49.2 Å². The fourth-order valence-corrected chi connectivity index (χ4v) is 6.97. The lowest BCUT2D eigenvalue weighted by molar-refractivity contribution is -0.143. The molecule has 6 heteroatoms. The Bertz CT molecular complexity index is 1830. The van der Waals surface area contributed by atoms with Crippen LogP contribution < -0.4 is 5.63 Å². The largest absolute Gasteiger partial charge is 0.464 e. The highest BCUT2D eigenvalue weighted by Crippen LogP contribution is 2.40. The van der Waals surface area contributed by atoms with Crippen molar-refractivity contribution in [3.05, 3.63) is 82.4 Å². The van der Waals surface area contributed by atoms with Gasteiger partial charge in [0.05, 0.1) is 11.9 Å².